The molecule has 1 amide bonds. The van der Waals surface area contributed by atoms with Crippen LogP contribution in [0, 0.1) is 5.82 Å². The summed E-state index contributed by atoms with van der Waals surface area (Å²) in [5.74, 6) is -0.875. The highest BCUT2D eigenvalue weighted by atomic mass is 79.9. The summed E-state index contributed by atoms with van der Waals surface area (Å²) in [6, 6.07) is 4.82. The van der Waals surface area contributed by atoms with Crippen LogP contribution in [0.5, 0.6) is 0 Å². The first-order valence-electron chi connectivity index (χ1n) is 5.64. The molecular weight excluding hydrogens is 287 g/mol. The Balaban J connectivity index is 1.99. The van der Waals surface area contributed by atoms with Crippen LogP contribution in [0.4, 0.5) is 4.39 Å². The van der Waals surface area contributed by atoms with Gasteiger partial charge in [-0.25, -0.2) is 4.39 Å². The van der Waals surface area contributed by atoms with E-state index in [1.807, 2.05) is 0 Å². The molecule has 0 radical (unpaired) electrons. The van der Waals surface area contributed by atoms with E-state index in [9.17, 15) is 9.18 Å². The van der Waals surface area contributed by atoms with Crippen LogP contribution < -0.4 is 10.6 Å². The van der Waals surface area contributed by atoms with Gasteiger partial charge in [-0.2, -0.15) is 0 Å². The van der Waals surface area contributed by atoms with Gasteiger partial charge in [-0.3, -0.25) is 4.79 Å². The highest BCUT2D eigenvalue weighted by Gasteiger charge is 2.18. The number of hydrogen-bond donors (Lipinski definition) is 2. The van der Waals surface area contributed by atoms with Crippen LogP contribution in [0.25, 0.3) is 0 Å². The number of carbonyl (C=O) groups excluding carboxylic acids is 1. The van der Waals surface area contributed by atoms with Gasteiger partial charge in [-0.05, 0) is 47.4 Å². The van der Waals surface area contributed by atoms with Crippen molar-refractivity contribution in [2.45, 2.75) is 18.9 Å². The van der Waals surface area contributed by atoms with Gasteiger partial charge < -0.3 is 10.6 Å². The van der Waals surface area contributed by atoms with Crippen molar-refractivity contribution < 1.29 is 9.18 Å². The van der Waals surface area contributed by atoms with Crippen LogP contribution in [0.1, 0.15) is 23.2 Å². The van der Waals surface area contributed by atoms with Crippen molar-refractivity contribution in [3.8, 4) is 0 Å². The quantitative estimate of drug-likeness (QED) is 0.897. The summed E-state index contributed by atoms with van der Waals surface area (Å²) in [5.41, 5.74) is 0.0745. The number of nitrogens with one attached hydrogen (secondary N) is 2. The Morgan fingerprint density at radius 1 is 1.59 bits per heavy atom. The molecule has 1 aliphatic heterocycles. The average molecular weight is 301 g/mol. The molecule has 3 nitrogen and oxygen atoms in total. The summed E-state index contributed by atoms with van der Waals surface area (Å²) in [7, 11) is 0. The van der Waals surface area contributed by atoms with Gasteiger partial charge in [0.15, 0.2) is 0 Å². The zero-order chi connectivity index (χ0) is 12.3. The van der Waals surface area contributed by atoms with Crippen molar-refractivity contribution in [1.82, 2.24) is 10.6 Å². The maximum atomic E-state index is 13.5. The van der Waals surface area contributed by atoms with Gasteiger partial charge in [0, 0.05) is 17.1 Å². The Morgan fingerprint density at radius 2 is 2.41 bits per heavy atom. The summed E-state index contributed by atoms with van der Waals surface area (Å²) in [5, 5.41) is 6.02. The number of hydrogen-bond acceptors (Lipinski definition) is 2. The maximum Gasteiger partial charge on any atom is 0.255 e. The predicted molar refractivity (Wildman–Crippen MR) is 67.5 cm³/mol. The van der Waals surface area contributed by atoms with Gasteiger partial charge in [0.25, 0.3) is 5.91 Å². The van der Waals surface area contributed by atoms with Gasteiger partial charge >= 0.3 is 0 Å². The van der Waals surface area contributed by atoms with Crippen molar-refractivity contribution in [2.24, 2.45) is 0 Å². The summed E-state index contributed by atoms with van der Waals surface area (Å²) >= 11 is 3.18. The molecule has 1 heterocycles. The van der Waals surface area contributed by atoms with Gasteiger partial charge in [-0.15, -0.1) is 0 Å². The number of carbonyl (C=O) groups is 1. The Labute approximate surface area is 108 Å². The van der Waals surface area contributed by atoms with Crippen LogP contribution in [0.15, 0.2) is 22.7 Å². The van der Waals surface area contributed by atoms with E-state index in [0.717, 1.165) is 19.4 Å². The van der Waals surface area contributed by atoms with Crippen molar-refractivity contribution in [3.63, 3.8) is 0 Å². The molecule has 0 aliphatic carbocycles. The van der Waals surface area contributed by atoms with Gasteiger partial charge in [0.05, 0.1) is 5.56 Å². The van der Waals surface area contributed by atoms with Crippen molar-refractivity contribution in [2.75, 3.05) is 13.1 Å². The van der Waals surface area contributed by atoms with E-state index in [-0.39, 0.29) is 11.5 Å². The first-order valence-corrected chi connectivity index (χ1v) is 6.43. The number of amides is 1. The molecule has 1 aromatic carbocycles. The fourth-order valence-corrected chi connectivity index (χ4v) is 2.47. The standard InChI is InChI=1S/C12H14BrFN2O/c13-9-4-1-5-10(14)11(9)12(17)16-7-8-3-2-6-15-8/h1,4-5,8,15H,2-3,6-7H2,(H,16,17). The van der Waals surface area contributed by atoms with Gasteiger partial charge in [0.2, 0.25) is 0 Å². The number of rotatable bonds is 3. The second-order valence-corrected chi connectivity index (χ2v) is 4.95. The van der Waals surface area contributed by atoms with E-state index in [0.29, 0.717) is 17.1 Å². The molecule has 1 aromatic rings. The van der Waals surface area contributed by atoms with Crippen LogP contribution in [0.2, 0.25) is 0 Å². The third-order valence-corrected chi connectivity index (χ3v) is 3.52. The summed E-state index contributed by atoms with van der Waals surface area (Å²) in [4.78, 5) is 11.8. The summed E-state index contributed by atoms with van der Waals surface area (Å²) in [6.45, 7) is 1.53. The zero-order valence-electron chi connectivity index (χ0n) is 9.30. The van der Waals surface area contributed by atoms with Crippen molar-refractivity contribution in [1.29, 1.82) is 0 Å². The second-order valence-electron chi connectivity index (χ2n) is 4.10. The fourth-order valence-electron chi connectivity index (χ4n) is 1.95. The molecule has 0 spiro atoms. The molecule has 92 valence electrons. The maximum absolute atomic E-state index is 13.5. The molecular formula is C12H14BrFN2O. The zero-order valence-corrected chi connectivity index (χ0v) is 10.9. The number of halogens is 2. The van der Waals surface area contributed by atoms with Crippen LogP contribution in [-0.2, 0) is 0 Å². The lowest BCUT2D eigenvalue weighted by Gasteiger charge is -2.12. The first kappa shape index (κ1) is 12.5. The molecule has 0 saturated carbocycles. The molecule has 1 unspecified atom stereocenters. The van der Waals surface area contributed by atoms with E-state index in [1.54, 1.807) is 12.1 Å². The Bertz CT molecular complexity index is 399. The normalized spacial score (nSPS) is 19.3. The topological polar surface area (TPSA) is 41.1 Å². The molecule has 0 aromatic heterocycles. The Hall–Kier alpha value is -0.940. The summed E-state index contributed by atoms with van der Waals surface area (Å²) in [6.07, 6.45) is 2.18. The minimum Gasteiger partial charge on any atom is -0.350 e. The smallest absolute Gasteiger partial charge is 0.255 e. The van der Waals surface area contributed by atoms with E-state index < -0.39 is 5.82 Å². The third-order valence-electron chi connectivity index (χ3n) is 2.86. The van der Waals surface area contributed by atoms with Crippen LogP contribution in [-0.4, -0.2) is 25.0 Å². The second kappa shape index (κ2) is 5.60. The molecule has 5 heteroatoms. The Kier molecular flexibility index (Phi) is 4.12. The lowest BCUT2D eigenvalue weighted by atomic mass is 10.2. The van der Waals surface area contributed by atoms with Gasteiger partial charge in [-0.1, -0.05) is 6.07 Å². The van der Waals surface area contributed by atoms with E-state index in [1.165, 1.54) is 6.07 Å². The third kappa shape index (κ3) is 3.04. The van der Waals surface area contributed by atoms with Crippen LogP contribution in [0.3, 0.4) is 0 Å². The molecule has 1 saturated heterocycles. The highest BCUT2D eigenvalue weighted by molar-refractivity contribution is 9.10. The van der Waals surface area contributed by atoms with Crippen molar-refractivity contribution >= 4 is 21.8 Å². The average Bonchev–Trinajstić information content (AvgIpc) is 2.79. The molecule has 2 N–H and O–H groups in total. The molecule has 0 bridgehead atoms. The van der Waals surface area contributed by atoms with E-state index >= 15 is 0 Å². The monoisotopic (exact) mass is 300 g/mol. The predicted octanol–water partition coefficient (Wildman–Crippen LogP) is 2.07. The SMILES string of the molecule is O=C(NCC1CCCN1)c1c(F)cccc1Br. The molecule has 2 rings (SSSR count). The van der Waals surface area contributed by atoms with Gasteiger partial charge in [0.1, 0.15) is 5.82 Å². The van der Waals surface area contributed by atoms with Crippen molar-refractivity contribution in [3.05, 3.63) is 34.1 Å². The minimum absolute atomic E-state index is 0.0745. The van der Waals surface area contributed by atoms with E-state index in [2.05, 4.69) is 26.6 Å². The first-order chi connectivity index (χ1) is 8.18. The molecule has 1 aliphatic rings. The molecule has 17 heavy (non-hydrogen) atoms. The lowest BCUT2D eigenvalue weighted by Crippen LogP contribution is -2.37. The summed E-state index contributed by atoms with van der Waals surface area (Å²) < 4.78 is 14.0. The van der Waals surface area contributed by atoms with E-state index in [4.69, 9.17) is 0 Å². The van der Waals surface area contributed by atoms with Crippen LogP contribution >= 0.6 is 15.9 Å². The number of benzene rings is 1. The molecule has 1 fully saturated rings. The Morgan fingerprint density at radius 3 is 3.06 bits per heavy atom. The highest BCUT2D eigenvalue weighted by Crippen LogP contribution is 2.19. The largest absolute Gasteiger partial charge is 0.350 e. The lowest BCUT2D eigenvalue weighted by molar-refractivity contribution is 0.0945. The minimum atomic E-state index is -0.503. The fraction of sp³-hybridized carbons (Fsp3) is 0.417. The molecule has 1 atom stereocenters.